The van der Waals surface area contributed by atoms with Gasteiger partial charge in [-0.05, 0) is 19.1 Å². The fourth-order valence-corrected chi connectivity index (χ4v) is 2.36. The van der Waals surface area contributed by atoms with Gasteiger partial charge in [0.2, 0.25) is 16.9 Å². The van der Waals surface area contributed by atoms with E-state index in [1.54, 1.807) is 19.2 Å². The van der Waals surface area contributed by atoms with Crippen molar-refractivity contribution in [2.75, 3.05) is 25.3 Å². The maximum atomic E-state index is 11.7. The third-order valence-electron chi connectivity index (χ3n) is 2.56. The molecule has 2 aromatic heterocycles. The van der Waals surface area contributed by atoms with Gasteiger partial charge in [0.15, 0.2) is 5.76 Å². The minimum atomic E-state index is -0.118. The summed E-state index contributed by atoms with van der Waals surface area (Å²) >= 11 is 1.20. The predicted octanol–water partition coefficient (Wildman–Crippen LogP) is 0.495. The molecule has 9 heteroatoms. The van der Waals surface area contributed by atoms with Gasteiger partial charge < -0.3 is 20.3 Å². The lowest BCUT2D eigenvalue weighted by molar-refractivity contribution is -0.119. The predicted molar refractivity (Wildman–Crippen MR) is 78.1 cm³/mol. The maximum absolute atomic E-state index is 11.7. The highest BCUT2D eigenvalue weighted by molar-refractivity contribution is 7.99. The Balaban J connectivity index is 1.91. The number of nitrogens with one attached hydrogen (secondary N) is 1. The Hall–Kier alpha value is -2.00. The second-order valence-electron chi connectivity index (χ2n) is 4.37. The van der Waals surface area contributed by atoms with Crippen LogP contribution in [0.4, 0.5) is 0 Å². The second kappa shape index (κ2) is 7.14. The molecule has 2 aromatic rings. The molecule has 1 amide bonds. The number of ether oxygens (including phenoxy) is 1. The summed E-state index contributed by atoms with van der Waals surface area (Å²) in [6.07, 6.45) is 1.53. The minimum absolute atomic E-state index is 0.0440. The summed E-state index contributed by atoms with van der Waals surface area (Å²) in [5.41, 5.74) is 0. The van der Waals surface area contributed by atoms with Crippen LogP contribution in [-0.4, -0.2) is 46.3 Å². The summed E-state index contributed by atoms with van der Waals surface area (Å²) in [7, 11) is 1.59. The van der Waals surface area contributed by atoms with Gasteiger partial charge in [-0.2, -0.15) is 0 Å². The van der Waals surface area contributed by atoms with Crippen molar-refractivity contribution in [2.45, 2.75) is 18.1 Å². The van der Waals surface area contributed by atoms with Crippen LogP contribution in [0.1, 0.15) is 6.92 Å². The average molecular weight is 311 g/mol. The van der Waals surface area contributed by atoms with E-state index in [-0.39, 0.29) is 17.7 Å². The summed E-state index contributed by atoms with van der Waals surface area (Å²) in [6.45, 7) is 2.33. The van der Waals surface area contributed by atoms with Gasteiger partial charge in [-0.25, -0.2) is 4.68 Å². The fraction of sp³-hybridized carbons (Fsp3) is 0.417. The SMILES string of the molecule is COC[C@H](C)NC(=O)CSc1nnc(-c2ccco2)n1N. The largest absolute Gasteiger partial charge is 0.461 e. The van der Waals surface area contributed by atoms with E-state index in [4.69, 9.17) is 15.0 Å². The third-order valence-corrected chi connectivity index (χ3v) is 3.51. The number of nitrogen functional groups attached to an aromatic ring is 1. The van der Waals surface area contributed by atoms with Crippen LogP contribution < -0.4 is 11.2 Å². The van der Waals surface area contributed by atoms with E-state index in [0.717, 1.165) is 0 Å². The van der Waals surface area contributed by atoms with Gasteiger partial charge in [-0.15, -0.1) is 10.2 Å². The van der Waals surface area contributed by atoms with Crippen molar-refractivity contribution in [1.82, 2.24) is 20.2 Å². The molecule has 0 aliphatic rings. The number of aromatic nitrogens is 3. The van der Waals surface area contributed by atoms with Gasteiger partial charge in [0.1, 0.15) is 0 Å². The number of amides is 1. The van der Waals surface area contributed by atoms with Crippen LogP contribution in [0.2, 0.25) is 0 Å². The van der Waals surface area contributed by atoms with Crippen molar-refractivity contribution < 1.29 is 13.9 Å². The number of nitrogens with two attached hydrogens (primary N) is 1. The first-order valence-electron chi connectivity index (χ1n) is 6.27. The van der Waals surface area contributed by atoms with Crippen molar-refractivity contribution in [1.29, 1.82) is 0 Å². The lowest BCUT2D eigenvalue weighted by Crippen LogP contribution is -2.36. The van der Waals surface area contributed by atoms with Crippen LogP contribution in [-0.2, 0) is 9.53 Å². The highest BCUT2D eigenvalue weighted by atomic mass is 32.2. The van der Waals surface area contributed by atoms with E-state index in [2.05, 4.69) is 15.5 Å². The van der Waals surface area contributed by atoms with Crippen molar-refractivity contribution >= 4 is 17.7 Å². The highest BCUT2D eigenvalue weighted by Gasteiger charge is 2.15. The van der Waals surface area contributed by atoms with Crippen LogP contribution >= 0.6 is 11.8 Å². The van der Waals surface area contributed by atoms with Crippen molar-refractivity contribution in [2.24, 2.45) is 0 Å². The molecule has 114 valence electrons. The molecule has 0 bridgehead atoms. The Labute approximate surface area is 126 Å². The van der Waals surface area contributed by atoms with E-state index < -0.39 is 0 Å². The summed E-state index contributed by atoms with van der Waals surface area (Å²) in [5.74, 6) is 6.90. The Bertz CT molecular complexity index is 584. The van der Waals surface area contributed by atoms with Gasteiger partial charge in [0, 0.05) is 13.2 Å². The quantitative estimate of drug-likeness (QED) is 0.566. The first-order chi connectivity index (χ1) is 10.1. The average Bonchev–Trinajstić information content (AvgIpc) is 3.06. The van der Waals surface area contributed by atoms with Gasteiger partial charge in [0.05, 0.1) is 18.6 Å². The molecule has 0 spiro atoms. The number of hydrogen-bond acceptors (Lipinski definition) is 7. The van der Waals surface area contributed by atoms with Crippen molar-refractivity contribution in [3.05, 3.63) is 18.4 Å². The van der Waals surface area contributed by atoms with Crippen LogP contribution in [0, 0.1) is 0 Å². The number of rotatable bonds is 7. The van der Waals surface area contributed by atoms with E-state index in [0.29, 0.717) is 23.3 Å². The monoisotopic (exact) mass is 311 g/mol. The van der Waals surface area contributed by atoms with Crippen LogP contribution in [0.25, 0.3) is 11.6 Å². The summed E-state index contributed by atoms with van der Waals surface area (Å²) in [6, 6.07) is 3.43. The zero-order valence-corrected chi connectivity index (χ0v) is 12.6. The smallest absolute Gasteiger partial charge is 0.230 e. The van der Waals surface area contributed by atoms with Crippen molar-refractivity contribution in [3.8, 4) is 11.6 Å². The van der Waals surface area contributed by atoms with Crippen LogP contribution in [0.5, 0.6) is 0 Å². The molecule has 8 nitrogen and oxygen atoms in total. The molecular weight excluding hydrogens is 294 g/mol. The third kappa shape index (κ3) is 3.99. The Morgan fingerprint density at radius 1 is 1.62 bits per heavy atom. The molecule has 2 heterocycles. The van der Waals surface area contributed by atoms with Gasteiger partial charge >= 0.3 is 0 Å². The number of thioether (sulfide) groups is 1. The van der Waals surface area contributed by atoms with E-state index in [9.17, 15) is 4.79 Å². The normalized spacial score (nSPS) is 12.3. The lowest BCUT2D eigenvalue weighted by atomic mass is 10.3. The molecule has 0 unspecified atom stereocenters. The molecule has 1 atom stereocenters. The number of hydrogen-bond donors (Lipinski definition) is 2. The first kappa shape index (κ1) is 15.4. The number of nitrogens with zero attached hydrogens (tertiary/aromatic N) is 3. The molecule has 2 rings (SSSR count). The molecule has 0 aromatic carbocycles. The molecule has 0 saturated carbocycles. The Kier molecular flexibility index (Phi) is 5.23. The minimum Gasteiger partial charge on any atom is -0.461 e. The van der Waals surface area contributed by atoms with Gasteiger partial charge in [-0.1, -0.05) is 11.8 Å². The molecule has 0 fully saturated rings. The van der Waals surface area contributed by atoms with E-state index >= 15 is 0 Å². The highest BCUT2D eigenvalue weighted by Crippen LogP contribution is 2.21. The Morgan fingerprint density at radius 3 is 3.10 bits per heavy atom. The van der Waals surface area contributed by atoms with E-state index in [1.807, 2.05) is 6.92 Å². The topological polar surface area (TPSA) is 108 Å². The second-order valence-corrected chi connectivity index (χ2v) is 5.31. The van der Waals surface area contributed by atoms with Gasteiger partial charge in [-0.3, -0.25) is 4.79 Å². The molecule has 0 aliphatic carbocycles. The number of methoxy groups -OCH3 is 1. The van der Waals surface area contributed by atoms with Crippen LogP contribution in [0.15, 0.2) is 28.0 Å². The fourth-order valence-electron chi connectivity index (χ4n) is 1.69. The molecule has 21 heavy (non-hydrogen) atoms. The first-order valence-corrected chi connectivity index (χ1v) is 7.26. The Morgan fingerprint density at radius 2 is 2.43 bits per heavy atom. The van der Waals surface area contributed by atoms with Crippen LogP contribution in [0.3, 0.4) is 0 Å². The zero-order chi connectivity index (χ0) is 15.2. The zero-order valence-electron chi connectivity index (χ0n) is 11.8. The van der Waals surface area contributed by atoms with E-state index in [1.165, 1.54) is 22.7 Å². The molecule has 0 radical (unpaired) electrons. The molecule has 0 aliphatic heterocycles. The maximum Gasteiger partial charge on any atom is 0.230 e. The summed E-state index contributed by atoms with van der Waals surface area (Å²) in [5, 5.41) is 11.1. The molecular formula is C12H17N5O3S. The number of carbonyl (C=O) groups is 1. The lowest BCUT2D eigenvalue weighted by Gasteiger charge is -2.12. The standard InChI is InChI=1S/C12H17N5O3S/c1-8(6-19-2)14-10(18)7-21-12-16-15-11(17(12)13)9-4-3-5-20-9/h3-5,8H,6-7,13H2,1-2H3,(H,14,18)/t8-/m0/s1. The van der Waals surface area contributed by atoms with Crippen molar-refractivity contribution in [3.63, 3.8) is 0 Å². The molecule has 0 saturated heterocycles. The number of furan rings is 1. The molecule has 3 N–H and O–H groups in total. The van der Waals surface area contributed by atoms with Gasteiger partial charge in [0.25, 0.3) is 0 Å². The summed E-state index contributed by atoms with van der Waals surface area (Å²) in [4.78, 5) is 11.7. The summed E-state index contributed by atoms with van der Waals surface area (Å²) < 4.78 is 11.5. The number of carbonyl (C=O) groups excluding carboxylic acids is 1.